The van der Waals surface area contributed by atoms with E-state index in [-0.39, 0.29) is 0 Å². The van der Waals surface area contributed by atoms with Gasteiger partial charge in [0.15, 0.2) is 5.92 Å². The second kappa shape index (κ2) is 5.80. The molecule has 1 rings (SSSR count). The molecule has 0 atom stereocenters. The largest absolute Gasteiger partial charge is 0.284 e. The predicted octanol–water partition coefficient (Wildman–Crippen LogP) is 1.42. The van der Waals surface area contributed by atoms with Crippen molar-refractivity contribution in [2.45, 2.75) is 0 Å². The van der Waals surface area contributed by atoms with Crippen LogP contribution in [0.3, 0.4) is 0 Å². The molecule has 0 saturated heterocycles. The van der Waals surface area contributed by atoms with E-state index in [0.717, 1.165) is 6.26 Å². The van der Waals surface area contributed by atoms with Crippen LogP contribution in [0.1, 0.15) is 0 Å². The number of aliphatic imine (C=N–C) groups is 1. The molecule has 7 heteroatoms. The molecule has 6 nitrogen and oxygen atoms in total. The first-order chi connectivity index (χ1) is 8.44. The lowest BCUT2D eigenvalue weighted by atomic mass is 10.2. The van der Waals surface area contributed by atoms with Gasteiger partial charge in [-0.1, -0.05) is 6.07 Å². The standard InChI is InChI=1S/C11H10N4O2S/c1-18(16,17)15-11-4-2-3-10(5-11)14-8-9(6-12)7-13/h2-5,8-9,15H,1H3. The number of anilines is 1. The molecule has 0 aliphatic rings. The van der Waals surface area contributed by atoms with Crippen LogP contribution in [-0.4, -0.2) is 20.9 Å². The maximum absolute atomic E-state index is 11.0. The van der Waals surface area contributed by atoms with Gasteiger partial charge in [-0.2, -0.15) is 10.5 Å². The van der Waals surface area contributed by atoms with E-state index < -0.39 is 15.9 Å². The Morgan fingerprint density at radius 1 is 1.39 bits per heavy atom. The van der Waals surface area contributed by atoms with Gasteiger partial charge in [0.25, 0.3) is 0 Å². The molecule has 0 fully saturated rings. The quantitative estimate of drug-likeness (QED) is 0.828. The Kier molecular flexibility index (Phi) is 4.41. The first-order valence-corrected chi connectivity index (χ1v) is 6.75. The Hall–Kier alpha value is -2.38. The Balaban J connectivity index is 2.91. The van der Waals surface area contributed by atoms with Crippen molar-refractivity contribution in [3.63, 3.8) is 0 Å². The van der Waals surface area contributed by atoms with Gasteiger partial charge in [0.1, 0.15) is 0 Å². The number of nitriles is 2. The zero-order valence-electron chi connectivity index (χ0n) is 9.53. The third kappa shape index (κ3) is 4.64. The summed E-state index contributed by atoms with van der Waals surface area (Å²) >= 11 is 0. The predicted molar refractivity (Wildman–Crippen MR) is 67.8 cm³/mol. The third-order valence-electron chi connectivity index (χ3n) is 1.80. The monoisotopic (exact) mass is 262 g/mol. The summed E-state index contributed by atoms with van der Waals surface area (Å²) in [6.07, 6.45) is 2.25. The molecule has 0 aliphatic carbocycles. The molecule has 0 saturated carbocycles. The molecule has 0 unspecified atom stereocenters. The Bertz CT molecular complexity index is 624. The molecule has 0 spiro atoms. The van der Waals surface area contributed by atoms with Crippen LogP contribution in [0.2, 0.25) is 0 Å². The van der Waals surface area contributed by atoms with Crippen LogP contribution >= 0.6 is 0 Å². The summed E-state index contributed by atoms with van der Waals surface area (Å²) in [4.78, 5) is 3.93. The highest BCUT2D eigenvalue weighted by atomic mass is 32.2. The van der Waals surface area contributed by atoms with E-state index in [1.807, 2.05) is 0 Å². The van der Waals surface area contributed by atoms with E-state index in [2.05, 4.69) is 9.71 Å². The van der Waals surface area contributed by atoms with Gasteiger partial charge in [0.05, 0.1) is 29.8 Å². The lowest BCUT2D eigenvalue weighted by Gasteiger charge is -2.03. The van der Waals surface area contributed by atoms with Crippen LogP contribution < -0.4 is 4.72 Å². The van der Waals surface area contributed by atoms with Crippen molar-refractivity contribution in [2.75, 3.05) is 11.0 Å². The van der Waals surface area contributed by atoms with Crippen LogP contribution in [-0.2, 0) is 10.0 Å². The molecule has 0 bridgehead atoms. The maximum atomic E-state index is 11.0. The van der Waals surface area contributed by atoms with Crippen molar-refractivity contribution in [1.29, 1.82) is 10.5 Å². The fraction of sp³-hybridized carbons (Fsp3) is 0.182. The van der Waals surface area contributed by atoms with Gasteiger partial charge in [-0.15, -0.1) is 0 Å². The van der Waals surface area contributed by atoms with Gasteiger partial charge in [-0.05, 0) is 18.2 Å². The summed E-state index contributed by atoms with van der Waals surface area (Å²) in [6, 6.07) is 9.84. The normalized spacial score (nSPS) is 11.1. The highest BCUT2D eigenvalue weighted by molar-refractivity contribution is 7.92. The minimum absolute atomic E-state index is 0.373. The van der Waals surface area contributed by atoms with Gasteiger partial charge in [-0.25, -0.2) is 8.42 Å². The molecule has 0 radical (unpaired) electrons. The average molecular weight is 262 g/mol. The third-order valence-corrected chi connectivity index (χ3v) is 2.41. The van der Waals surface area contributed by atoms with Crippen LogP contribution in [0.4, 0.5) is 11.4 Å². The average Bonchev–Trinajstić information content (AvgIpc) is 2.28. The van der Waals surface area contributed by atoms with E-state index in [4.69, 9.17) is 10.5 Å². The summed E-state index contributed by atoms with van der Waals surface area (Å²) in [5.74, 6) is -0.920. The van der Waals surface area contributed by atoms with Crippen LogP contribution in [0, 0.1) is 28.6 Å². The van der Waals surface area contributed by atoms with Gasteiger partial charge in [-0.3, -0.25) is 9.71 Å². The zero-order valence-corrected chi connectivity index (χ0v) is 10.3. The van der Waals surface area contributed by atoms with Crippen molar-refractivity contribution in [2.24, 2.45) is 10.9 Å². The van der Waals surface area contributed by atoms with E-state index in [1.165, 1.54) is 12.3 Å². The van der Waals surface area contributed by atoms with Crippen LogP contribution in [0.25, 0.3) is 0 Å². The first kappa shape index (κ1) is 13.7. The van der Waals surface area contributed by atoms with Crippen LogP contribution in [0.15, 0.2) is 29.3 Å². The number of nitrogens with zero attached hydrogens (tertiary/aromatic N) is 3. The van der Waals surface area contributed by atoms with Gasteiger partial charge in [0.2, 0.25) is 10.0 Å². The van der Waals surface area contributed by atoms with Gasteiger partial charge >= 0.3 is 0 Å². The molecule has 1 aromatic rings. The van der Waals surface area contributed by atoms with E-state index in [9.17, 15) is 8.42 Å². The Labute approximate surface area is 105 Å². The zero-order chi connectivity index (χ0) is 13.6. The number of hydrogen-bond donors (Lipinski definition) is 1. The molecule has 18 heavy (non-hydrogen) atoms. The SMILES string of the molecule is CS(=O)(=O)Nc1cccc(N=CC(C#N)C#N)c1. The second-order valence-corrected chi connectivity index (χ2v) is 5.19. The molecular weight excluding hydrogens is 252 g/mol. The maximum Gasteiger partial charge on any atom is 0.229 e. The number of hydrogen-bond acceptors (Lipinski definition) is 5. The smallest absolute Gasteiger partial charge is 0.229 e. The molecule has 0 heterocycles. The number of sulfonamides is 1. The van der Waals surface area contributed by atoms with Crippen molar-refractivity contribution in [3.8, 4) is 12.1 Å². The molecular formula is C11H10N4O2S. The molecule has 0 aromatic heterocycles. The minimum Gasteiger partial charge on any atom is -0.284 e. The molecule has 0 aliphatic heterocycles. The highest BCUT2D eigenvalue weighted by Gasteiger charge is 2.03. The van der Waals surface area contributed by atoms with Crippen molar-refractivity contribution >= 4 is 27.6 Å². The summed E-state index contributed by atoms with van der Waals surface area (Å²) in [6.45, 7) is 0. The lowest BCUT2D eigenvalue weighted by molar-refractivity contribution is 0.607. The summed E-state index contributed by atoms with van der Waals surface area (Å²) in [7, 11) is -3.34. The second-order valence-electron chi connectivity index (χ2n) is 3.44. The summed E-state index contributed by atoms with van der Waals surface area (Å²) in [5, 5.41) is 17.1. The highest BCUT2D eigenvalue weighted by Crippen LogP contribution is 2.18. The van der Waals surface area contributed by atoms with Crippen LogP contribution in [0.5, 0.6) is 0 Å². The lowest BCUT2D eigenvalue weighted by Crippen LogP contribution is -2.09. The minimum atomic E-state index is -3.34. The molecule has 92 valence electrons. The van der Waals surface area contributed by atoms with E-state index in [1.54, 1.807) is 30.3 Å². The number of nitrogens with one attached hydrogen (secondary N) is 1. The molecule has 1 N–H and O–H groups in total. The van der Waals surface area contributed by atoms with E-state index in [0.29, 0.717) is 11.4 Å². The topological polar surface area (TPSA) is 106 Å². The van der Waals surface area contributed by atoms with Crippen molar-refractivity contribution in [3.05, 3.63) is 24.3 Å². The fourth-order valence-electron chi connectivity index (χ4n) is 1.12. The van der Waals surface area contributed by atoms with Gasteiger partial charge < -0.3 is 0 Å². The number of rotatable bonds is 4. The Morgan fingerprint density at radius 3 is 2.61 bits per heavy atom. The fourth-order valence-corrected chi connectivity index (χ4v) is 1.68. The van der Waals surface area contributed by atoms with E-state index >= 15 is 0 Å². The summed E-state index contributed by atoms with van der Waals surface area (Å²) < 4.78 is 24.4. The van der Waals surface area contributed by atoms with Crippen molar-refractivity contribution in [1.82, 2.24) is 0 Å². The molecule has 1 aromatic carbocycles. The molecule has 0 amide bonds. The summed E-state index contributed by atoms with van der Waals surface area (Å²) in [5.41, 5.74) is 0.830. The Morgan fingerprint density at radius 2 is 2.06 bits per heavy atom. The first-order valence-electron chi connectivity index (χ1n) is 4.86. The van der Waals surface area contributed by atoms with Crippen molar-refractivity contribution < 1.29 is 8.42 Å². The van der Waals surface area contributed by atoms with Gasteiger partial charge in [0, 0.05) is 6.21 Å². The number of benzene rings is 1.